The molecule has 10 rings (SSSR count). The van der Waals surface area contributed by atoms with E-state index in [1.54, 1.807) is 0 Å². The molecule has 1 aliphatic carbocycles. The van der Waals surface area contributed by atoms with Crippen LogP contribution in [0.15, 0.2) is 140 Å². The Morgan fingerprint density at radius 1 is 0.443 bits per heavy atom. The van der Waals surface area contributed by atoms with Crippen LogP contribution in [0.1, 0.15) is 93.3 Å². The molecule has 3 nitrogen and oxygen atoms in total. The fourth-order valence-corrected chi connectivity index (χ4v) is 10.3. The smallest absolute Gasteiger partial charge is 0.252 e. The molecular weight excluding hydrogens is 737 g/mol. The van der Waals surface area contributed by atoms with Crippen LogP contribution >= 0.6 is 0 Å². The highest BCUT2D eigenvalue weighted by Crippen LogP contribution is 2.49. The Balaban J connectivity index is 1.33. The molecule has 0 fully saturated rings. The summed E-state index contributed by atoms with van der Waals surface area (Å²) in [5.41, 5.74) is 24.6. The maximum atomic E-state index is 2.62. The molecule has 0 atom stereocenters. The molecular formula is C57H58BN3. The largest absolute Gasteiger partial charge is 0.311 e. The van der Waals surface area contributed by atoms with Gasteiger partial charge >= 0.3 is 0 Å². The Bertz CT molecular complexity index is 2760. The van der Waals surface area contributed by atoms with E-state index < -0.39 is 0 Å². The van der Waals surface area contributed by atoms with Crippen molar-refractivity contribution in [2.75, 3.05) is 14.7 Å². The van der Waals surface area contributed by atoms with Crippen LogP contribution in [0, 0.1) is 20.8 Å². The van der Waals surface area contributed by atoms with Crippen molar-refractivity contribution in [2.24, 2.45) is 0 Å². The van der Waals surface area contributed by atoms with Gasteiger partial charge in [0.1, 0.15) is 0 Å². The molecule has 2 heterocycles. The predicted octanol–water partition coefficient (Wildman–Crippen LogP) is 13.6. The number of anilines is 9. The van der Waals surface area contributed by atoms with Gasteiger partial charge in [-0.15, -0.1) is 0 Å². The number of aryl methyl sites for hydroxylation is 5. The third kappa shape index (κ3) is 6.67. The fraction of sp³-hybridized carbons (Fsp3) is 0.263. The molecule has 0 radical (unpaired) electrons. The number of benzene rings is 7. The molecule has 3 aliphatic rings. The van der Waals surface area contributed by atoms with Gasteiger partial charge in [-0.2, -0.15) is 0 Å². The average Bonchev–Trinajstić information content (AvgIpc) is 3.23. The van der Waals surface area contributed by atoms with Crippen LogP contribution in [0.2, 0.25) is 0 Å². The summed E-state index contributed by atoms with van der Waals surface area (Å²) in [4.78, 5) is 7.69. The van der Waals surface area contributed by atoms with Crippen LogP contribution in [0.3, 0.4) is 0 Å². The van der Waals surface area contributed by atoms with Crippen LogP contribution in [0.25, 0.3) is 0 Å². The maximum absolute atomic E-state index is 2.62. The summed E-state index contributed by atoms with van der Waals surface area (Å²) in [7, 11) is 0. The standard InChI is InChI=1S/C57H58BN3/c1-37-22-31-51-47(32-37)58-48-33-40-18-12-13-19-41(40)34-52(48)61(50-21-15-11-17-39(50)3)54-36-46(35-53(55(54)58)60(51)49-20-14-10-16-38(49)2)59(44-27-23-42(24-28-44)56(4,5)6)45-29-25-43(26-30-45)57(7,8)9/h10-11,14-17,20-36H,12-13,18-19H2,1-9H3. The van der Waals surface area contributed by atoms with Crippen molar-refractivity contribution in [3.63, 3.8) is 0 Å². The Kier molecular flexibility index (Phi) is 9.36. The van der Waals surface area contributed by atoms with Gasteiger partial charge in [0.2, 0.25) is 0 Å². The first-order valence-corrected chi connectivity index (χ1v) is 22.4. The minimum Gasteiger partial charge on any atom is -0.311 e. The normalized spacial score (nSPS) is 14.3. The van der Waals surface area contributed by atoms with E-state index in [0.29, 0.717) is 0 Å². The molecule has 0 saturated carbocycles. The second-order valence-corrected chi connectivity index (χ2v) is 20.0. The van der Waals surface area contributed by atoms with Crippen molar-refractivity contribution in [2.45, 2.75) is 98.8 Å². The fourth-order valence-electron chi connectivity index (χ4n) is 10.3. The third-order valence-corrected chi connectivity index (χ3v) is 13.6. The number of rotatable bonds is 5. The third-order valence-electron chi connectivity index (χ3n) is 13.6. The van der Waals surface area contributed by atoms with E-state index in [9.17, 15) is 0 Å². The lowest BCUT2D eigenvalue weighted by Crippen LogP contribution is -2.61. The zero-order valence-corrected chi connectivity index (χ0v) is 37.5. The van der Waals surface area contributed by atoms with Crippen LogP contribution in [0.4, 0.5) is 51.2 Å². The summed E-state index contributed by atoms with van der Waals surface area (Å²) >= 11 is 0. The topological polar surface area (TPSA) is 9.72 Å². The lowest BCUT2D eigenvalue weighted by molar-refractivity contribution is 0.590. The van der Waals surface area contributed by atoms with Crippen molar-refractivity contribution in [1.82, 2.24) is 0 Å². The molecule has 61 heavy (non-hydrogen) atoms. The Labute approximate surface area is 364 Å². The average molecular weight is 796 g/mol. The minimum atomic E-state index is 0.0448. The summed E-state index contributed by atoms with van der Waals surface area (Å²) in [5, 5.41) is 0. The Hall–Kier alpha value is -6.00. The highest BCUT2D eigenvalue weighted by Gasteiger charge is 2.45. The number of fused-ring (bicyclic) bond motifs is 5. The molecule has 0 saturated heterocycles. The Morgan fingerprint density at radius 3 is 1.43 bits per heavy atom. The van der Waals surface area contributed by atoms with Crippen LogP contribution in [-0.4, -0.2) is 6.71 Å². The molecule has 0 amide bonds. The van der Waals surface area contributed by atoms with E-state index in [1.807, 2.05) is 0 Å². The van der Waals surface area contributed by atoms with E-state index in [1.165, 1.54) is 102 Å². The molecule has 7 aromatic rings. The van der Waals surface area contributed by atoms with E-state index in [4.69, 9.17) is 0 Å². The first kappa shape index (κ1) is 39.2. The lowest BCUT2D eigenvalue weighted by Gasteiger charge is -2.46. The first-order chi connectivity index (χ1) is 29.3. The van der Waals surface area contributed by atoms with Crippen molar-refractivity contribution in [1.29, 1.82) is 0 Å². The molecule has 7 aromatic carbocycles. The number of hydrogen-bond donors (Lipinski definition) is 0. The second-order valence-electron chi connectivity index (χ2n) is 20.0. The molecule has 0 N–H and O–H groups in total. The van der Waals surface area contributed by atoms with Crippen molar-refractivity contribution >= 4 is 74.3 Å². The molecule has 4 heteroatoms. The minimum absolute atomic E-state index is 0.0448. The predicted molar refractivity (Wildman–Crippen MR) is 263 cm³/mol. The number of para-hydroxylation sites is 2. The van der Waals surface area contributed by atoms with Gasteiger partial charge in [0.25, 0.3) is 6.71 Å². The van der Waals surface area contributed by atoms with E-state index in [2.05, 4.69) is 217 Å². The first-order valence-electron chi connectivity index (χ1n) is 22.4. The Morgan fingerprint density at radius 2 is 0.918 bits per heavy atom. The summed E-state index contributed by atoms with van der Waals surface area (Å²) in [6.45, 7) is 20.6. The van der Waals surface area contributed by atoms with E-state index in [0.717, 1.165) is 29.9 Å². The zero-order valence-electron chi connectivity index (χ0n) is 37.5. The lowest BCUT2D eigenvalue weighted by atomic mass is 9.33. The van der Waals surface area contributed by atoms with Gasteiger partial charge < -0.3 is 14.7 Å². The van der Waals surface area contributed by atoms with Gasteiger partial charge in [-0.05, 0) is 168 Å². The zero-order chi connectivity index (χ0) is 42.4. The summed E-state index contributed by atoms with van der Waals surface area (Å²) < 4.78 is 0. The molecule has 0 aromatic heterocycles. The van der Waals surface area contributed by atoms with Gasteiger partial charge in [0.05, 0.1) is 5.69 Å². The second kappa shape index (κ2) is 14.6. The summed E-state index contributed by atoms with van der Waals surface area (Å²) in [6, 6.07) is 53.8. The highest BCUT2D eigenvalue weighted by atomic mass is 15.2. The summed E-state index contributed by atoms with van der Waals surface area (Å²) in [6.07, 6.45) is 4.77. The van der Waals surface area contributed by atoms with E-state index in [-0.39, 0.29) is 17.5 Å². The van der Waals surface area contributed by atoms with Crippen LogP contribution in [0.5, 0.6) is 0 Å². The summed E-state index contributed by atoms with van der Waals surface area (Å²) in [5.74, 6) is 0. The van der Waals surface area contributed by atoms with Crippen molar-refractivity contribution in [3.8, 4) is 0 Å². The molecule has 0 spiro atoms. The molecule has 0 bridgehead atoms. The number of hydrogen-bond acceptors (Lipinski definition) is 3. The van der Waals surface area contributed by atoms with Gasteiger partial charge in [-0.3, -0.25) is 0 Å². The van der Waals surface area contributed by atoms with Gasteiger partial charge in [0, 0.05) is 45.5 Å². The number of nitrogens with zero attached hydrogens (tertiary/aromatic N) is 3. The molecule has 304 valence electrons. The van der Waals surface area contributed by atoms with E-state index >= 15 is 0 Å². The molecule has 0 unspecified atom stereocenters. The SMILES string of the molecule is Cc1ccc2c(c1)B1c3cc4c(cc3N(c3ccccc3C)c3cc(N(c5ccc(C(C)(C)C)cc5)c5ccc(C(C)(C)C)cc5)cc(c31)N2c1ccccc1C)CCCC4. The van der Waals surface area contributed by atoms with Crippen molar-refractivity contribution < 1.29 is 0 Å². The van der Waals surface area contributed by atoms with Gasteiger partial charge in [-0.1, -0.05) is 126 Å². The quantitative estimate of drug-likeness (QED) is 0.161. The highest BCUT2D eigenvalue weighted by molar-refractivity contribution is 7.00. The molecule has 2 aliphatic heterocycles. The monoisotopic (exact) mass is 795 g/mol. The van der Waals surface area contributed by atoms with Crippen molar-refractivity contribution in [3.05, 3.63) is 178 Å². The van der Waals surface area contributed by atoms with Crippen LogP contribution < -0.4 is 31.1 Å². The van der Waals surface area contributed by atoms with Gasteiger partial charge in [0.15, 0.2) is 0 Å². The maximum Gasteiger partial charge on any atom is 0.252 e. The van der Waals surface area contributed by atoms with Crippen LogP contribution in [-0.2, 0) is 23.7 Å². The van der Waals surface area contributed by atoms with Gasteiger partial charge in [-0.25, -0.2) is 0 Å².